The SMILES string of the molecule is Cc1n[nH]c(C)c1C(C)N(C)C(=O)c1cnn2c(C(F)F)cc(-c3ccccc3)nc12. The smallest absolute Gasteiger partial charge is 0.280 e. The van der Waals surface area contributed by atoms with Crippen LogP contribution in [0, 0.1) is 13.8 Å². The molecule has 31 heavy (non-hydrogen) atoms. The Morgan fingerprint density at radius 3 is 2.52 bits per heavy atom. The molecule has 1 amide bonds. The lowest BCUT2D eigenvalue weighted by Crippen LogP contribution is -2.30. The highest BCUT2D eigenvalue weighted by Crippen LogP contribution is 2.29. The van der Waals surface area contributed by atoms with Gasteiger partial charge in [0.05, 0.1) is 23.6 Å². The molecule has 1 aromatic carbocycles. The molecule has 7 nitrogen and oxygen atoms in total. The number of carbonyl (C=O) groups excluding carboxylic acids is 1. The van der Waals surface area contributed by atoms with E-state index in [2.05, 4.69) is 20.3 Å². The molecule has 1 N–H and O–H groups in total. The number of nitrogens with zero attached hydrogens (tertiary/aromatic N) is 5. The molecule has 0 saturated carbocycles. The Hall–Kier alpha value is -3.62. The second-order valence-corrected chi connectivity index (χ2v) is 7.47. The van der Waals surface area contributed by atoms with Crippen LogP contribution in [0.3, 0.4) is 0 Å². The Morgan fingerprint density at radius 1 is 1.19 bits per heavy atom. The number of amides is 1. The Labute approximate surface area is 177 Å². The van der Waals surface area contributed by atoms with Crippen LogP contribution in [-0.4, -0.2) is 42.7 Å². The van der Waals surface area contributed by atoms with Crippen LogP contribution in [0.15, 0.2) is 42.6 Å². The fraction of sp³-hybridized carbons (Fsp3) is 0.273. The molecule has 0 fully saturated rings. The first-order valence-electron chi connectivity index (χ1n) is 9.80. The monoisotopic (exact) mass is 424 g/mol. The number of hydrogen-bond acceptors (Lipinski definition) is 4. The molecule has 3 heterocycles. The maximum absolute atomic E-state index is 13.8. The van der Waals surface area contributed by atoms with Crippen LogP contribution < -0.4 is 0 Å². The minimum atomic E-state index is -2.77. The van der Waals surface area contributed by atoms with Crippen molar-refractivity contribution in [3.05, 3.63) is 70.8 Å². The van der Waals surface area contributed by atoms with E-state index in [1.807, 2.05) is 26.8 Å². The van der Waals surface area contributed by atoms with Crippen LogP contribution in [0.25, 0.3) is 16.9 Å². The van der Waals surface area contributed by atoms with Crippen molar-refractivity contribution in [2.75, 3.05) is 7.05 Å². The molecule has 4 rings (SSSR count). The number of halogens is 2. The minimum absolute atomic E-state index is 0.0985. The molecule has 160 valence electrons. The van der Waals surface area contributed by atoms with Gasteiger partial charge in [0.1, 0.15) is 11.3 Å². The first kappa shape index (κ1) is 20.6. The zero-order valence-corrected chi connectivity index (χ0v) is 17.6. The standard InChI is InChI=1S/C22H22F2N6O/c1-12-19(13(2)28-27-12)14(3)29(4)22(31)16-11-25-30-18(20(23)24)10-17(26-21(16)30)15-8-6-5-7-9-15/h5-11,14,20H,1-4H3,(H,27,28). The molecular formula is C22H22F2N6O. The zero-order valence-electron chi connectivity index (χ0n) is 17.6. The lowest BCUT2D eigenvalue weighted by molar-refractivity contribution is 0.0743. The molecule has 4 aromatic rings. The molecule has 0 saturated heterocycles. The van der Waals surface area contributed by atoms with Gasteiger partial charge in [-0.25, -0.2) is 18.3 Å². The van der Waals surface area contributed by atoms with Gasteiger partial charge in [-0.2, -0.15) is 10.2 Å². The van der Waals surface area contributed by atoms with Gasteiger partial charge in [-0.05, 0) is 26.8 Å². The Balaban J connectivity index is 1.80. The third kappa shape index (κ3) is 3.56. The minimum Gasteiger partial charge on any atom is -0.335 e. The van der Waals surface area contributed by atoms with Crippen LogP contribution in [-0.2, 0) is 0 Å². The van der Waals surface area contributed by atoms with E-state index >= 15 is 0 Å². The second kappa shape index (κ2) is 7.90. The van der Waals surface area contributed by atoms with Gasteiger partial charge >= 0.3 is 0 Å². The van der Waals surface area contributed by atoms with Gasteiger partial charge < -0.3 is 4.90 Å². The summed E-state index contributed by atoms with van der Waals surface area (Å²) in [6.07, 6.45) is -1.48. The average molecular weight is 424 g/mol. The van der Waals surface area contributed by atoms with Crippen LogP contribution in [0.2, 0.25) is 0 Å². The number of fused-ring (bicyclic) bond motifs is 1. The normalized spacial score (nSPS) is 12.5. The quantitative estimate of drug-likeness (QED) is 0.511. The Kier molecular flexibility index (Phi) is 5.26. The van der Waals surface area contributed by atoms with Gasteiger partial charge in [-0.15, -0.1) is 0 Å². The van der Waals surface area contributed by atoms with Crippen molar-refractivity contribution in [1.82, 2.24) is 29.7 Å². The number of rotatable bonds is 5. The first-order valence-corrected chi connectivity index (χ1v) is 9.80. The van der Waals surface area contributed by atoms with E-state index in [1.165, 1.54) is 12.3 Å². The lowest BCUT2D eigenvalue weighted by Gasteiger charge is -2.25. The summed E-state index contributed by atoms with van der Waals surface area (Å²) in [6.45, 7) is 5.65. The van der Waals surface area contributed by atoms with E-state index in [9.17, 15) is 13.6 Å². The Bertz CT molecular complexity index is 1230. The second-order valence-electron chi connectivity index (χ2n) is 7.47. The molecule has 0 aliphatic carbocycles. The molecule has 0 spiro atoms. The summed E-state index contributed by atoms with van der Waals surface area (Å²) < 4.78 is 28.6. The summed E-state index contributed by atoms with van der Waals surface area (Å²) in [5.41, 5.74) is 3.56. The van der Waals surface area contributed by atoms with Crippen LogP contribution >= 0.6 is 0 Å². The first-order chi connectivity index (χ1) is 14.8. The van der Waals surface area contributed by atoms with E-state index in [4.69, 9.17) is 0 Å². The lowest BCUT2D eigenvalue weighted by atomic mass is 10.0. The van der Waals surface area contributed by atoms with Crippen molar-refractivity contribution in [3.8, 4) is 11.3 Å². The highest BCUT2D eigenvalue weighted by atomic mass is 19.3. The molecule has 0 bridgehead atoms. The molecule has 0 radical (unpaired) electrons. The number of hydrogen-bond donors (Lipinski definition) is 1. The van der Waals surface area contributed by atoms with E-state index in [-0.39, 0.29) is 28.9 Å². The zero-order chi connectivity index (χ0) is 22.3. The molecular weight excluding hydrogens is 402 g/mol. The molecule has 0 aliphatic rings. The number of H-pyrrole nitrogens is 1. The van der Waals surface area contributed by atoms with E-state index < -0.39 is 6.43 Å². The third-order valence-electron chi connectivity index (χ3n) is 5.53. The highest BCUT2D eigenvalue weighted by molar-refractivity contribution is 6.00. The van der Waals surface area contributed by atoms with Crippen LogP contribution in [0.1, 0.15) is 52.4 Å². The molecule has 1 atom stereocenters. The molecule has 0 aliphatic heterocycles. The van der Waals surface area contributed by atoms with Crippen LogP contribution in [0.5, 0.6) is 0 Å². The summed E-state index contributed by atoms with van der Waals surface area (Å²) in [6, 6.07) is 10.0. The average Bonchev–Trinajstić information content (AvgIpc) is 3.34. The number of benzene rings is 1. The topological polar surface area (TPSA) is 79.2 Å². The molecule has 1 unspecified atom stereocenters. The largest absolute Gasteiger partial charge is 0.335 e. The van der Waals surface area contributed by atoms with E-state index in [0.717, 1.165) is 21.5 Å². The summed E-state index contributed by atoms with van der Waals surface area (Å²) in [5.74, 6) is -0.361. The third-order valence-corrected chi connectivity index (χ3v) is 5.53. The highest BCUT2D eigenvalue weighted by Gasteiger charge is 2.27. The van der Waals surface area contributed by atoms with E-state index in [1.54, 1.807) is 36.2 Å². The summed E-state index contributed by atoms with van der Waals surface area (Å²) >= 11 is 0. The fourth-order valence-corrected chi connectivity index (χ4v) is 3.78. The number of alkyl halides is 2. The summed E-state index contributed by atoms with van der Waals surface area (Å²) in [5, 5.41) is 11.2. The fourth-order valence-electron chi connectivity index (χ4n) is 3.78. The van der Waals surface area contributed by atoms with Gasteiger partial charge in [0.2, 0.25) is 0 Å². The summed E-state index contributed by atoms with van der Waals surface area (Å²) in [4.78, 5) is 19.4. The van der Waals surface area contributed by atoms with Crippen molar-refractivity contribution in [3.63, 3.8) is 0 Å². The van der Waals surface area contributed by atoms with Crippen LogP contribution in [0.4, 0.5) is 8.78 Å². The summed E-state index contributed by atoms with van der Waals surface area (Å²) in [7, 11) is 1.66. The molecule has 9 heteroatoms. The van der Waals surface area contributed by atoms with Gasteiger partial charge in [0.25, 0.3) is 12.3 Å². The Morgan fingerprint density at radius 2 is 1.90 bits per heavy atom. The number of carbonyl (C=O) groups is 1. The van der Waals surface area contributed by atoms with Crippen molar-refractivity contribution >= 4 is 11.6 Å². The maximum Gasteiger partial charge on any atom is 0.280 e. The van der Waals surface area contributed by atoms with Crippen molar-refractivity contribution < 1.29 is 13.6 Å². The van der Waals surface area contributed by atoms with Gasteiger partial charge in [0.15, 0.2) is 5.65 Å². The van der Waals surface area contributed by atoms with Crippen molar-refractivity contribution in [2.45, 2.75) is 33.2 Å². The van der Waals surface area contributed by atoms with Gasteiger partial charge in [-0.3, -0.25) is 9.89 Å². The van der Waals surface area contributed by atoms with Crippen molar-refractivity contribution in [2.24, 2.45) is 0 Å². The van der Waals surface area contributed by atoms with Gasteiger partial charge in [-0.1, -0.05) is 30.3 Å². The maximum atomic E-state index is 13.8. The number of nitrogens with one attached hydrogen (secondary N) is 1. The van der Waals surface area contributed by atoms with E-state index in [0.29, 0.717) is 11.3 Å². The van der Waals surface area contributed by atoms with Crippen molar-refractivity contribution in [1.29, 1.82) is 0 Å². The number of aromatic amines is 1. The number of aromatic nitrogens is 5. The molecule has 3 aromatic heterocycles. The number of aryl methyl sites for hydroxylation is 2. The predicted octanol–water partition coefficient (Wildman–Crippen LogP) is 4.51. The van der Waals surface area contributed by atoms with Gasteiger partial charge in [0, 0.05) is 23.9 Å². The predicted molar refractivity (Wildman–Crippen MR) is 112 cm³/mol.